The van der Waals surface area contributed by atoms with E-state index < -0.39 is 0 Å². The van der Waals surface area contributed by atoms with Crippen molar-refractivity contribution in [1.82, 2.24) is 9.97 Å². The Bertz CT molecular complexity index is 262. The van der Waals surface area contributed by atoms with Gasteiger partial charge in [0.2, 0.25) is 0 Å². The Morgan fingerprint density at radius 1 is 1.29 bits per heavy atom. The molecule has 0 aliphatic rings. The van der Waals surface area contributed by atoms with E-state index in [4.69, 9.17) is 0 Å². The third-order valence-corrected chi connectivity index (χ3v) is 2.20. The van der Waals surface area contributed by atoms with Gasteiger partial charge < -0.3 is 5.32 Å². The smallest absolute Gasteiger partial charge is 0.130 e. The van der Waals surface area contributed by atoms with Crippen molar-refractivity contribution in [2.24, 2.45) is 0 Å². The molecule has 0 saturated carbocycles. The summed E-state index contributed by atoms with van der Waals surface area (Å²) in [5.74, 6) is 1.90. The van der Waals surface area contributed by atoms with E-state index in [9.17, 15) is 0 Å². The minimum atomic E-state index is 0.933. The quantitative estimate of drug-likeness (QED) is 0.780. The van der Waals surface area contributed by atoms with Crippen LogP contribution in [0.3, 0.4) is 0 Å². The molecule has 1 aromatic rings. The molecule has 0 spiro atoms. The molecule has 0 atom stereocenters. The lowest BCUT2D eigenvalue weighted by atomic mass is 10.2. The Hall–Kier alpha value is -1.12. The van der Waals surface area contributed by atoms with Crippen LogP contribution in [0.15, 0.2) is 6.07 Å². The van der Waals surface area contributed by atoms with Crippen molar-refractivity contribution in [3.8, 4) is 0 Å². The summed E-state index contributed by atoms with van der Waals surface area (Å²) < 4.78 is 0. The van der Waals surface area contributed by atoms with Gasteiger partial charge >= 0.3 is 0 Å². The topological polar surface area (TPSA) is 37.8 Å². The van der Waals surface area contributed by atoms with Gasteiger partial charge in [-0.2, -0.15) is 0 Å². The van der Waals surface area contributed by atoms with E-state index in [1.807, 2.05) is 13.1 Å². The maximum absolute atomic E-state index is 4.49. The molecular weight excluding hydrogens is 174 g/mol. The Kier molecular flexibility index (Phi) is 4.36. The van der Waals surface area contributed by atoms with E-state index in [-0.39, 0.29) is 0 Å². The van der Waals surface area contributed by atoms with Gasteiger partial charge in [0.15, 0.2) is 0 Å². The number of nitrogens with zero attached hydrogens (tertiary/aromatic N) is 2. The third kappa shape index (κ3) is 2.98. The van der Waals surface area contributed by atoms with Crippen LogP contribution in [0.4, 0.5) is 5.82 Å². The Morgan fingerprint density at radius 2 is 2.07 bits per heavy atom. The monoisotopic (exact) mass is 193 g/mol. The summed E-state index contributed by atoms with van der Waals surface area (Å²) in [5.41, 5.74) is 1.12. The Balaban J connectivity index is 2.81. The number of rotatable bonds is 5. The first-order valence-electron chi connectivity index (χ1n) is 5.34. The highest BCUT2D eigenvalue weighted by molar-refractivity contribution is 5.35. The first kappa shape index (κ1) is 11.0. The molecule has 0 saturated heterocycles. The summed E-state index contributed by atoms with van der Waals surface area (Å²) >= 11 is 0. The van der Waals surface area contributed by atoms with Crippen molar-refractivity contribution in [2.45, 2.75) is 39.5 Å². The van der Waals surface area contributed by atoms with Crippen molar-refractivity contribution in [3.63, 3.8) is 0 Å². The van der Waals surface area contributed by atoms with Crippen molar-refractivity contribution in [3.05, 3.63) is 17.6 Å². The summed E-state index contributed by atoms with van der Waals surface area (Å²) in [5, 5.41) is 3.07. The predicted octanol–water partition coefficient (Wildman–Crippen LogP) is 2.42. The highest BCUT2D eigenvalue weighted by Gasteiger charge is 2.01. The standard InChI is InChI=1S/C11H19N3/c1-4-6-7-10-13-9(5-2)8-11(12-3)14-10/h8H,4-7H2,1-3H3,(H,12,13,14). The normalized spacial score (nSPS) is 10.2. The first-order chi connectivity index (χ1) is 6.80. The third-order valence-electron chi connectivity index (χ3n) is 2.20. The number of nitrogens with one attached hydrogen (secondary N) is 1. The van der Waals surface area contributed by atoms with E-state index >= 15 is 0 Å². The second-order valence-electron chi connectivity index (χ2n) is 3.37. The molecule has 3 nitrogen and oxygen atoms in total. The maximum atomic E-state index is 4.49. The number of hydrogen-bond acceptors (Lipinski definition) is 3. The van der Waals surface area contributed by atoms with Gasteiger partial charge in [-0.05, 0) is 12.8 Å². The number of aryl methyl sites for hydroxylation is 2. The lowest BCUT2D eigenvalue weighted by molar-refractivity contribution is 0.745. The zero-order valence-electron chi connectivity index (χ0n) is 9.30. The van der Waals surface area contributed by atoms with Crippen molar-refractivity contribution >= 4 is 5.82 Å². The van der Waals surface area contributed by atoms with Gasteiger partial charge in [0.25, 0.3) is 0 Å². The summed E-state index contributed by atoms with van der Waals surface area (Å²) in [4.78, 5) is 8.90. The lowest BCUT2D eigenvalue weighted by Crippen LogP contribution is -2.03. The number of aromatic nitrogens is 2. The molecule has 3 heteroatoms. The van der Waals surface area contributed by atoms with E-state index in [1.54, 1.807) is 0 Å². The largest absolute Gasteiger partial charge is 0.373 e. The minimum Gasteiger partial charge on any atom is -0.373 e. The van der Waals surface area contributed by atoms with E-state index in [0.29, 0.717) is 0 Å². The van der Waals surface area contributed by atoms with E-state index in [1.165, 1.54) is 6.42 Å². The highest BCUT2D eigenvalue weighted by atomic mass is 15.0. The van der Waals surface area contributed by atoms with Gasteiger partial charge in [-0.3, -0.25) is 0 Å². The fourth-order valence-electron chi connectivity index (χ4n) is 1.31. The average Bonchev–Trinajstić information content (AvgIpc) is 2.25. The molecule has 0 aliphatic carbocycles. The Labute approximate surface area is 86.0 Å². The van der Waals surface area contributed by atoms with Gasteiger partial charge in [0, 0.05) is 25.2 Å². The average molecular weight is 193 g/mol. The SMILES string of the molecule is CCCCc1nc(CC)cc(NC)n1. The van der Waals surface area contributed by atoms with Crippen LogP contribution in [0.1, 0.15) is 38.2 Å². The first-order valence-corrected chi connectivity index (χ1v) is 5.34. The lowest BCUT2D eigenvalue weighted by Gasteiger charge is -2.05. The molecule has 0 unspecified atom stereocenters. The molecule has 78 valence electrons. The summed E-state index contributed by atoms with van der Waals surface area (Å²) in [6.45, 7) is 4.30. The van der Waals surface area contributed by atoms with E-state index in [2.05, 4.69) is 29.1 Å². The number of unbranched alkanes of at least 4 members (excludes halogenated alkanes) is 1. The zero-order chi connectivity index (χ0) is 10.4. The van der Waals surface area contributed by atoms with E-state index in [0.717, 1.165) is 36.6 Å². The predicted molar refractivity (Wildman–Crippen MR) is 59.6 cm³/mol. The number of hydrogen-bond donors (Lipinski definition) is 1. The minimum absolute atomic E-state index is 0.933. The van der Waals surface area contributed by atoms with Crippen LogP contribution >= 0.6 is 0 Å². The zero-order valence-corrected chi connectivity index (χ0v) is 9.30. The molecule has 1 N–H and O–H groups in total. The van der Waals surface area contributed by atoms with Crippen molar-refractivity contribution < 1.29 is 0 Å². The molecule has 0 amide bonds. The van der Waals surface area contributed by atoms with Crippen LogP contribution in [0.2, 0.25) is 0 Å². The molecule has 14 heavy (non-hydrogen) atoms. The van der Waals surface area contributed by atoms with Crippen LogP contribution in [-0.2, 0) is 12.8 Å². The molecule has 0 fully saturated rings. The molecule has 0 bridgehead atoms. The fourth-order valence-corrected chi connectivity index (χ4v) is 1.31. The second kappa shape index (κ2) is 5.58. The van der Waals surface area contributed by atoms with Gasteiger partial charge in [-0.25, -0.2) is 9.97 Å². The number of anilines is 1. The van der Waals surface area contributed by atoms with Crippen LogP contribution in [0.25, 0.3) is 0 Å². The summed E-state index contributed by atoms with van der Waals surface area (Å²) in [7, 11) is 1.89. The molecule has 1 rings (SSSR count). The van der Waals surface area contributed by atoms with Crippen molar-refractivity contribution in [2.75, 3.05) is 12.4 Å². The second-order valence-corrected chi connectivity index (χ2v) is 3.37. The fraction of sp³-hybridized carbons (Fsp3) is 0.636. The molecule has 0 radical (unpaired) electrons. The van der Waals surface area contributed by atoms with Gasteiger partial charge in [0.1, 0.15) is 11.6 Å². The highest BCUT2D eigenvalue weighted by Crippen LogP contribution is 2.08. The van der Waals surface area contributed by atoms with Gasteiger partial charge in [0.05, 0.1) is 0 Å². The molecule has 1 heterocycles. The Morgan fingerprint density at radius 3 is 2.64 bits per heavy atom. The molecular formula is C11H19N3. The molecule has 0 aromatic carbocycles. The summed E-state index contributed by atoms with van der Waals surface area (Å²) in [6.07, 6.45) is 4.31. The van der Waals surface area contributed by atoms with Crippen molar-refractivity contribution in [1.29, 1.82) is 0 Å². The van der Waals surface area contributed by atoms with Crippen LogP contribution in [0, 0.1) is 0 Å². The van der Waals surface area contributed by atoms with Crippen LogP contribution < -0.4 is 5.32 Å². The molecule has 1 aromatic heterocycles. The maximum Gasteiger partial charge on any atom is 0.130 e. The molecule has 0 aliphatic heterocycles. The summed E-state index contributed by atoms with van der Waals surface area (Å²) in [6, 6.07) is 2.01. The van der Waals surface area contributed by atoms with Crippen LogP contribution in [-0.4, -0.2) is 17.0 Å². The van der Waals surface area contributed by atoms with Gasteiger partial charge in [-0.15, -0.1) is 0 Å². The van der Waals surface area contributed by atoms with Gasteiger partial charge in [-0.1, -0.05) is 20.3 Å². The van der Waals surface area contributed by atoms with Crippen LogP contribution in [0.5, 0.6) is 0 Å².